The highest BCUT2D eigenvalue weighted by Crippen LogP contribution is 2.23. The van der Waals surface area contributed by atoms with Gasteiger partial charge < -0.3 is 14.2 Å². The van der Waals surface area contributed by atoms with Crippen molar-refractivity contribution in [3.05, 3.63) is 29.8 Å². The van der Waals surface area contributed by atoms with Gasteiger partial charge in [0.25, 0.3) is 6.29 Å². The van der Waals surface area contributed by atoms with Gasteiger partial charge in [-0.05, 0) is 24.3 Å². The fourth-order valence-corrected chi connectivity index (χ4v) is 1.37. The van der Waals surface area contributed by atoms with Crippen LogP contribution in [0.25, 0.3) is 0 Å². The lowest BCUT2D eigenvalue weighted by Gasteiger charge is -2.17. The molecule has 1 rings (SSSR count). The minimum atomic E-state index is -1.31. The monoisotopic (exact) mass is 288 g/mol. The van der Waals surface area contributed by atoms with E-state index < -0.39 is 31.1 Å². The molecule has 0 fully saturated rings. The molecule has 0 radical (unpaired) electrons. The number of rotatable bonds is 6. The summed E-state index contributed by atoms with van der Waals surface area (Å²) in [6.07, 6.45) is -2.25. The van der Waals surface area contributed by atoms with Gasteiger partial charge in [-0.15, -0.1) is 0 Å². The third-order valence-electron chi connectivity index (χ3n) is 2.31. The van der Waals surface area contributed by atoms with Crippen LogP contribution in [0.15, 0.2) is 24.3 Å². The molecule has 0 aliphatic carbocycles. The van der Waals surface area contributed by atoms with Gasteiger partial charge in [0, 0.05) is 5.56 Å². The van der Waals surface area contributed by atoms with Crippen LogP contribution < -0.4 is 4.74 Å². The van der Waals surface area contributed by atoms with Crippen LogP contribution in [0.5, 0.6) is 5.75 Å². The van der Waals surface area contributed by atoms with Gasteiger partial charge in [-0.1, -0.05) is 0 Å². The second kappa shape index (κ2) is 8.18. The molecule has 0 unspecified atom stereocenters. The maximum absolute atomic E-state index is 11.4. The van der Waals surface area contributed by atoms with Gasteiger partial charge in [0.15, 0.2) is 0 Å². The highest BCUT2D eigenvalue weighted by molar-refractivity contribution is 5.74. The van der Waals surface area contributed by atoms with Crippen LogP contribution in [-0.2, 0) is 19.1 Å². The van der Waals surface area contributed by atoms with Crippen molar-refractivity contribution in [1.82, 2.24) is 0 Å². The lowest BCUT2D eigenvalue weighted by atomic mass is 10.2. The highest BCUT2D eigenvalue weighted by Gasteiger charge is 2.21. The van der Waals surface area contributed by atoms with Crippen molar-refractivity contribution in [3.63, 3.8) is 0 Å². The predicted octanol–water partition coefficient (Wildman–Crippen LogP) is 1.61. The van der Waals surface area contributed by atoms with Gasteiger partial charge in [-0.25, -0.2) is 0 Å². The van der Waals surface area contributed by atoms with Gasteiger partial charge >= 0.3 is 11.9 Å². The number of carbonyl (C=O) groups is 2. The maximum Gasteiger partial charge on any atom is 0.323 e. The van der Waals surface area contributed by atoms with Gasteiger partial charge in [0.2, 0.25) is 0 Å². The van der Waals surface area contributed by atoms with Crippen molar-refractivity contribution in [1.29, 1.82) is 10.5 Å². The van der Waals surface area contributed by atoms with Crippen molar-refractivity contribution in [2.24, 2.45) is 0 Å². The van der Waals surface area contributed by atoms with Gasteiger partial charge in [-0.2, -0.15) is 10.5 Å². The Bertz CT molecular complexity index is 553. The van der Waals surface area contributed by atoms with Gasteiger partial charge in [0.05, 0.1) is 19.2 Å². The summed E-state index contributed by atoms with van der Waals surface area (Å²) in [6.45, 7) is 0. The predicted molar refractivity (Wildman–Crippen MR) is 68.4 cm³/mol. The van der Waals surface area contributed by atoms with Crippen LogP contribution in [0, 0.1) is 22.7 Å². The van der Waals surface area contributed by atoms with Crippen LogP contribution in [0.3, 0.4) is 0 Å². The second-order valence-electron chi connectivity index (χ2n) is 3.75. The molecule has 0 heterocycles. The van der Waals surface area contributed by atoms with Crippen LogP contribution in [-0.4, -0.2) is 19.0 Å². The zero-order chi connectivity index (χ0) is 15.7. The Morgan fingerprint density at radius 2 is 1.52 bits per heavy atom. The topological polar surface area (TPSA) is 109 Å². The smallest absolute Gasteiger partial charge is 0.323 e. The Labute approximate surface area is 121 Å². The van der Waals surface area contributed by atoms with Crippen LogP contribution in [0.1, 0.15) is 24.7 Å². The number of hydrogen-bond donors (Lipinski definition) is 0. The minimum Gasteiger partial charge on any atom is -0.497 e. The van der Waals surface area contributed by atoms with E-state index >= 15 is 0 Å². The number of esters is 2. The summed E-state index contributed by atoms with van der Waals surface area (Å²) in [7, 11) is 1.49. The standard InChI is InChI=1S/C14H12N2O5/c1-19-11-4-2-10(3-5-11)14(20-12(17)6-8-15)21-13(18)7-9-16/h2-5,14H,6-7H2,1H3. The van der Waals surface area contributed by atoms with E-state index in [2.05, 4.69) is 0 Å². The van der Waals surface area contributed by atoms with E-state index in [1.54, 1.807) is 36.4 Å². The fourth-order valence-electron chi connectivity index (χ4n) is 1.37. The van der Waals surface area contributed by atoms with Crippen molar-refractivity contribution >= 4 is 11.9 Å². The molecule has 1 aromatic rings. The van der Waals surface area contributed by atoms with E-state index in [1.165, 1.54) is 7.11 Å². The van der Waals surface area contributed by atoms with Gasteiger partial charge in [0.1, 0.15) is 18.6 Å². The lowest BCUT2D eigenvalue weighted by molar-refractivity contribution is -0.188. The number of benzene rings is 1. The second-order valence-corrected chi connectivity index (χ2v) is 3.75. The first-order valence-electron chi connectivity index (χ1n) is 5.87. The van der Waals surface area contributed by atoms with Crippen molar-refractivity contribution in [3.8, 4) is 17.9 Å². The average molecular weight is 288 g/mol. The third-order valence-corrected chi connectivity index (χ3v) is 2.31. The van der Waals surface area contributed by atoms with E-state index in [-0.39, 0.29) is 0 Å². The summed E-state index contributed by atoms with van der Waals surface area (Å²) >= 11 is 0. The zero-order valence-corrected chi connectivity index (χ0v) is 11.2. The van der Waals surface area contributed by atoms with E-state index in [1.807, 2.05) is 0 Å². The number of nitrogens with zero attached hydrogens (tertiary/aromatic N) is 2. The molecule has 0 aliphatic rings. The molecular formula is C14H12N2O5. The molecule has 0 amide bonds. The SMILES string of the molecule is COc1ccc(C(OC(=O)CC#N)OC(=O)CC#N)cc1. The average Bonchev–Trinajstić information content (AvgIpc) is 2.47. The Kier molecular flexibility index (Phi) is 6.23. The Morgan fingerprint density at radius 3 is 1.90 bits per heavy atom. The molecule has 1 aromatic carbocycles. The van der Waals surface area contributed by atoms with E-state index in [9.17, 15) is 9.59 Å². The molecule has 7 heteroatoms. The first kappa shape index (κ1) is 16.0. The van der Waals surface area contributed by atoms with Crippen molar-refractivity contribution < 1.29 is 23.8 Å². The summed E-state index contributed by atoms with van der Waals surface area (Å²) in [5, 5.41) is 16.9. The fraction of sp³-hybridized carbons (Fsp3) is 0.286. The molecule has 0 bridgehead atoms. The van der Waals surface area contributed by atoms with Gasteiger partial charge in [-0.3, -0.25) is 9.59 Å². The van der Waals surface area contributed by atoms with E-state index in [0.717, 1.165) is 0 Å². The first-order chi connectivity index (χ1) is 10.1. The number of methoxy groups -OCH3 is 1. The van der Waals surface area contributed by atoms with Crippen LogP contribution >= 0.6 is 0 Å². The minimum absolute atomic E-state index is 0.383. The van der Waals surface area contributed by atoms with Crippen LogP contribution in [0.2, 0.25) is 0 Å². The molecule has 0 N–H and O–H groups in total. The van der Waals surface area contributed by atoms with E-state index in [4.69, 9.17) is 24.7 Å². The third kappa shape index (κ3) is 5.21. The van der Waals surface area contributed by atoms with Crippen molar-refractivity contribution in [2.45, 2.75) is 19.1 Å². The Balaban J connectivity index is 2.89. The van der Waals surface area contributed by atoms with E-state index in [0.29, 0.717) is 11.3 Å². The summed E-state index contributed by atoms with van der Waals surface area (Å²) in [4.78, 5) is 22.7. The quantitative estimate of drug-likeness (QED) is 0.577. The number of carbonyl (C=O) groups excluding carboxylic acids is 2. The largest absolute Gasteiger partial charge is 0.497 e. The number of nitriles is 2. The summed E-state index contributed by atoms with van der Waals surface area (Å²) in [6, 6.07) is 9.55. The molecule has 21 heavy (non-hydrogen) atoms. The summed E-state index contributed by atoms with van der Waals surface area (Å²) < 4.78 is 14.8. The zero-order valence-electron chi connectivity index (χ0n) is 11.2. The Morgan fingerprint density at radius 1 is 1.05 bits per heavy atom. The number of hydrogen-bond acceptors (Lipinski definition) is 7. The molecular weight excluding hydrogens is 276 g/mol. The first-order valence-corrected chi connectivity index (χ1v) is 5.87. The van der Waals surface area contributed by atoms with Crippen molar-refractivity contribution in [2.75, 3.05) is 7.11 Å². The van der Waals surface area contributed by atoms with Crippen LogP contribution in [0.4, 0.5) is 0 Å². The lowest BCUT2D eigenvalue weighted by Crippen LogP contribution is -2.17. The molecule has 7 nitrogen and oxygen atoms in total. The Hall–Kier alpha value is -3.06. The normalized spacial score (nSPS) is 9.33. The molecule has 0 spiro atoms. The molecule has 0 saturated carbocycles. The molecule has 0 aliphatic heterocycles. The molecule has 0 atom stereocenters. The highest BCUT2D eigenvalue weighted by atomic mass is 16.7. The molecule has 108 valence electrons. The number of ether oxygens (including phenoxy) is 3. The summed E-state index contributed by atoms with van der Waals surface area (Å²) in [5.41, 5.74) is 0.383. The molecule has 0 aromatic heterocycles. The summed E-state index contributed by atoms with van der Waals surface area (Å²) in [5.74, 6) is -1.09. The maximum atomic E-state index is 11.4. The molecule has 0 saturated heterocycles.